The first kappa shape index (κ1) is 27.7. The van der Waals surface area contributed by atoms with Crippen LogP contribution < -0.4 is 0 Å². The molecule has 0 saturated carbocycles. The van der Waals surface area contributed by atoms with E-state index in [4.69, 9.17) is 16.7 Å². The Morgan fingerprint density at radius 2 is 1.29 bits per heavy atom. The molecule has 1 amide bonds. The minimum absolute atomic E-state index is 0.0358. The highest BCUT2D eigenvalue weighted by atomic mass is 35.5. The average Bonchev–Trinajstić information content (AvgIpc) is 3.40. The third kappa shape index (κ3) is 6.40. The first-order valence-corrected chi connectivity index (χ1v) is 15.0. The van der Waals surface area contributed by atoms with Gasteiger partial charge in [-0.25, -0.2) is 0 Å². The molecule has 0 N–H and O–H groups in total. The molecule has 0 atom stereocenters. The van der Waals surface area contributed by atoms with Crippen LogP contribution in [0.3, 0.4) is 0 Å². The van der Waals surface area contributed by atoms with Crippen molar-refractivity contribution in [3.8, 4) is 0 Å². The smallest absolute Gasteiger partial charge is 0.209 e. The molecule has 3 aromatic carbocycles. The number of hydrogen-bond donors (Lipinski definition) is 0. The zero-order chi connectivity index (χ0) is 28.1. The summed E-state index contributed by atoms with van der Waals surface area (Å²) in [5.41, 5.74) is 6.48. The van der Waals surface area contributed by atoms with Crippen molar-refractivity contribution >= 4 is 18.0 Å². The van der Waals surface area contributed by atoms with Gasteiger partial charge in [-0.3, -0.25) is 19.3 Å². The summed E-state index contributed by atoms with van der Waals surface area (Å²) in [5.74, 6) is 0. The van der Waals surface area contributed by atoms with Gasteiger partial charge in [-0.15, -0.1) is 0 Å². The molecule has 6 nitrogen and oxygen atoms in total. The van der Waals surface area contributed by atoms with E-state index in [1.54, 1.807) is 0 Å². The van der Waals surface area contributed by atoms with Gasteiger partial charge in [-0.1, -0.05) is 84.4 Å². The second kappa shape index (κ2) is 12.6. The van der Waals surface area contributed by atoms with Gasteiger partial charge in [0, 0.05) is 61.5 Å². The predicted octanol–water partition coefficient (Wildman–Crippen LogP) is 5.44. The Morgan fingerprint density at radius 3 is 1.88 bits per heavy atom. The first-order chi connectivity index (χ1) is 20.1. The number of aromatic nitrogens is 2. The molecule has 41 heavy (non-hydrogen) atoms. The number of halogens is 1. The van der Waals surface area contributed by atoms with Crippen LogP contribution in [-0.4, -0.2) is 70.2 Å². The lowest BCUT2D eigenvalue weighted by Gasteiger charge is -2.43. The molecule has 4 aromatic rings. The van der Waals surface area contributed by atoms with Crippen LogP contribution in [0.4, 0.5) is 0 Å². The number of nitrogens with zero attached hydrogens (tertiary/aromatic N) is 5. The second-order valence-electron chi connectivity index (χ2n) is 11.4. The summed E-state index contributed by atoms with van der Waals surface area (Å²) in [6.45, 7) is 7.80. The third-order valence-electron chi connectivity index (χ3n) is 8.87. The van der Waals surface area contributed by atoms with E-state index < -0.39 is 0 Å². The number of hydrogen-bond acceptors (Lipinski definition) is 4. The van der Waals surface area contributed by atoms with Gasteiger partial charge in [-0.05, 0) is 54.8 Å². The Hall–Kier alpha value is -3.45. The number of rotatable bonds is 9. The van der Waals surface area contributed by atoms with E-state index >= 15 is 0 Å². The fourth-order valence-electron chi connectivity index (χ4n) is 6.46. The summed E-state index contributed by atoms with van der Waals surface area (Å²) in [6, 6.07) is 30.1. The van der Waals surface area contributed by atoms with Gasteiger partial charge in [0.1, 0.15) is 0 Å². The highest BCUT2D eigenvalue weighted by molar-refractivity contribution is 6.30. The lowest BCUT2D eigenvalue weighted by atomic mass is 9.68. The summed E-state index contributed by atoms with van der Waals surface area (Å²) in [7, 11) is 0. The Bertz CT molecular complexity index is 1370. The number of carbonyl (C=O) groups excluding carboxylic acids is 1. The normalized spacial score (nSPS) is 17.9. The fraction of sp³-hybridized carbons (Fsp3) is 0.353. The maximum Gasteiger partial charge on any atom is 0.209 e. The summed E-state index contributed by atoms with van der Waals surface area (Å²) in [5, 5.41) is 5.87. The Balaban J connectivity index is 1.20. The van der Waals surface area contributed by atoms with Crippen LogP contribution in [0.1, 0.15) is 40.8 Å². The predicted molar refractivity (Wildman–Crippen MR) is 164 cm³/mol. The van der Waals surface area contributed by atoms with Crippen molar-refractivity contribution in [2.24, 2.45) is 0 Å². The molecule has 0 aliphatic carbocycles. The maximum absolute atomic E-state index is 11.2. The Morgan fingerprint density at radius 1 is 0.707 bits per heavy atom. The van der Waals surface area contributed by atoms with E-state index in [-0.39, 0.29) is 5.41 Å². The molecule has 212 valence electrons. The van der Waals surface area contributed by atoms with Gasteiger partial charge in [-0.2, -0.15) is 5.10 Å². The molecule has 0 radical (unpaired) electrons. The topological polar surface area (TPSA) is 44.6 Å². The molecule has 2 fully saturated rings. The summed E-state index contributed by atoms with van der Waals surface area (Å²) >= 11 is 6.12. The minimum Gasteiger partial charge on any atom is -0.343 e. The molecule has 7 heteroatoms. The number of amides is 1. The molecule has 1 aromatic heterocycles. The maximum atomic E-state index is 11.2. The van der Waals surface area contributed by atoms with Crippen LogP contribution >= 0.6 is 11.6 Å². The number of carbonyl (C=O) groups is 1. The molecule has 0 bridgehead atoms. The molecule has 3 heterocycles. The SMILES string of the molecule is O=CN1CCN(Cc2cn(Cc3ccc(Cl)cc3)nc2CN2CCC(c3ccccc3)(c3ccccc3)CC2)CC1. The molecule has 0 unspecified atom stereocenters. The van der Waals surface area contributed by atoms with Gasteiger partial charge in [0.25, 0.3) is 0 Å². The van der Waals surface area contributed by atoms with Crippen molar-refractivity contribution in [3.05, 3.63) is 124 Å². The molecule has 2 aliphatic heterocycles. The Kier molecular flexibility index (Phi) is 8.51. The van der Waals surface area contributed by atoms with E-state index in [1.807, 2.05) is 17.0 Å². The summed E-state index contributed by atoms with van der Waals surface area (Å²) in [4.78, 5) is 18.1. The van der Waals surface area contributed by atoms with Gasteiger partial charge in [0.2, 0.25) is 6.41 Å². The van der Waals surface area contributed by atoms with Crippen LogP contribution in [0, 0.1) is 0 Å². The molecule has 2 aliphatic rings. The summed E-state index contributed by atoms with van der Waals surface area (Å²) in [6.07, 6.45) is 5.34. The Labute approximate surface area is 248 Å². The largest absolute Gasteiger partial charge is 0.343 e. The van der Waals surface area contributed by atoms with E-state index in [0.717, 1.165) is 82.3 Å². The number of likely N-dealkylation sites (tertiary alicyclic amines) is 1. The quantitative estimate of drug-likeness (QED) is 0.253. The van der Waals surface area contributed by atoms with Crippen LogP contribution in [-0.2, 0) is 29.8 Å². The zero-order valence-corrected chi connectivity index (χ0v) is 24.3. The molecular weight excluding hydrogens is 530 g/mol. The monoisotopic (exact) mass is 567 g/mol. The van der Waals surface area contributed by atoms with Crippen LogP contribution in [0.2, 0.25) is 5.02 Å². The van der Waals surface area contributed by atoms with Gasteiger partial charge in [0.05, 0.1) is 12.2 Å². The molecule has 0 spiro atoms. The van der Waals surface area contributed by atoms with E-state index in [9.17, 15) is 4.79 Å². The zero-order valence-electron chi connectivity index (χ0n) is 23.5. The summed E-state index contributed by atoms with van der Waals surface area (Å²) < 4.78 is 2.08. The highest BCUT2D eigenvalue weighted by Crippen LogP contribution is 2.42. The number of piperazine rings is 1. The van der Waals surface area contributed by atoms with E-state index in [2.05, 4.69) is 93.5 Å². The lowest BCUT2D eigenvalue weighted by Crippen LogP contribution is -2.45. The average molecular weight is 568 g/mol. The highest BCUT2D eigenvalue weighted by Gasteiger charge is 2.38. The molecule has 2 saturated heterocycles. The number of piperidine rings is 1. The van der Waals surface area contributed by atoms with Crippen molar-refractivity contribution < 1.29 is 4.79 Å². The number of benzene rings is 3. The van der Waals surface area contributed by atoms with Crippen molar-refractivity contribution in [2.45, 2.75) is 37.9 Å². The standard InChI is InChI=1S/C34H38ClN5O/c35-32-13-11-28(12-14-32)23-40-25-29(24-38-19-21-39(27-41)22-20-38)33(36-40)26-37-17-15-34(16-18-37,30-7-3-1-4-8-30)31-9-5-2-6-10-31/h1-14,25,27H,15-24,26H2. The van der Waals surface area contributed by atoms with Crippen molar-refractivity contribution in [3.63, 3.8) is 0 Å². The van der Waals surface area contributed by atoms with E-state index in [0.29, 0.717) is 6.54 Å². The van der Waals surface area contributed by atoms with Crippen LogP contribution in [0.15, 0.2) is 91.1 Å². The van der Waals surface area contributed by atoms with Crippen LogP contribution in [0.5, 0.6) is 0 Å². The van der Waals surface area contributed by atoms with Gasteiger partial charge in [0.15, 0.2) is 0 Å². The van der Waals surface area contributed by atoms with Crippen LogP contribution in [0.25, 0.3) is 0 Å². The lowest BCUT2D eigenvalue weighted by molar-refractivity contribution is -0.119. The molecular formula is C34H38ClN5O. The molecule has 6 rings (SSSR count). The first-order valence-electron chi connectivity index (χ1n) is 14.7. The van der Waals surface area contributed by atoms with Gasteiger partial charge < -0.3 is 4.90 Å². The van der Waals surface area contributed by atoms with Crippen molar-refractivity contribution in [2.75, 3.05) is 39.3 Å². The fourth-order valence-corrected chi connectivity index (χ4v) is 6.58. The second-order valence-corrected chi connectivity index (χ2v) is 11.9. The third-order valence-corrected chi connectivity index (χ3v) is 9.12. The van der Waals surface area contributed by atoms with Crippen molar-refractivity contribution in [1.29, 1.82) is 0 Å². The van der Waals surface area contributed by atoms with Gasteiger partial charge >= 0.3 is 0 Å². The van der Waals surface area contributed by atoms with E-state index in [1.165, 1.54) is 22.3 Å². The minimum atomic E-state index is 0.0358. The van der Waals surface area contributed by atoms with Crippen molar-refractivity contribution in [1.82, 2.24) is 24.5 Å².